The number of carbonyl (C=O) groups excluding carboxylic acids is 2. The molecule has 0 saturated heterocycles. The van der Waals surface area contributed by atoms with Crippen LogP contribution >= 0.6 is 0 Å². The Hall–Kier alpha value is -3.28. The molecule has 1 heterocycles. The number of furan rings is 1. The fourth-order valence-corrected chi connectivity index (χ4v) is 3.63. The van der Waals surface area contributed by atoms with E-state index >= 15 is 0 Å². The van der Waals surface area contributed by atoms with Gasteiger partial charge in [0.25, 0.3) is 5.91 Å². The van der Waals surface area contributed by atoms with Gasteiger partial charge < -0.3 is 19.2 Å². The third-order valence-corrected chi connectivity index (χ3v) is 5.18. The number of allylic oxidation sites excluding steroid dienone is 2. The van der Waals surface area contributed by atoms with Crippen LogP contribution in [0.25, 0.3) is 21.9 Å². The number of anilines is 1. The van der Waals surface area contributed by atoms with Gasteiger partial charge in [-0.3, -0.25) is 9.59 Å². The van der Waals surface area contributed by atoms with Crippen molar-refractivity contribution in [2.24, 2.45) is 5.92 Å². The van der Waals surface area contributed by atoms with Crippen LogP contribution < -0.4 is 10.1 Å². The van der Waals surface area contributed by atoms with E-state index < -0.39 is 12.0 Å². The smallest absolute Gasteiger partial charge is 0.307 e. The quantitative estimate of drug-likeness (QED) is 0.480. The maximum Gasteiger partial charge on any atom is 0.307 e. The molecule has 150 valence electrons. The van der Waals surface area contributed by atoms with Crippen LogP contribution in [0.4, 0.5) is 5.69 Å². The number of benzene rings is 2. The molecule has 1 aliphatic rings. The predicted molar refractivity (Wildman–Crippen MR) is 111 cm³/mol. The number of para-hydroxylation sites is 1. The van der Waals surface area contributed by atoms with Gasteiger partial charge in [0.2, 0.25) is 0 Å². The molecule has 29 heavy (non-hydrogen) atoms. The van der Waals surface area contributed by atoms with Crippen molar-refractivity contribution in [3.05, 3.63) is 48.6 Å². The maximum absolute atomic E-state index is 12.6. The number of fused-ring (bicyclic) bond motifs is 3. The summed E-state index contributed by atoms with van der Waals surface area (Å²) in [5.74, 6) is -0.0849. The molecule has 0 radical (unpaired) electrons. The molecule has 2 aromatic carbocycles. The lowest BCUT2D eigenvalue weighted by Crippen LogP contribution is -2.30. The lowest BCUT2D eigenvalue weighted by atomic mass is 10.1. The SMILES string of the molecule is COc1cc2c(cc1NC(=O)[C@@H](C)OC(=O)C[C@@H]1C=CCC1)oc1ccccc12. The number of esters is 1. The molecule has 0 spiro atoms. The average Bonchev–Trinajstić information content (AvgIpc) is 3.34. The lowest BCUT2D eigenvalue weighted by Gasteiger charge is -2.16. The van der Waals surface area contributed by atoms with E-state index in [1.807, 2.05) is 36.4 Å². The first kappa shape index (κ1) is 19.1. The molecule has 1 aromatic heterocycles. The topological polar surface area (TPSA) is 77.8 Å². The number of nitrogens with one attached hydrogen (secondary N) is 1. The van der Waals surface area contributed by atoms with Crippen LogP contribution in [0.5, 0.6) is 5.75 Å². The highest BCUT2D eigenvalue weighted by Gasteiger charge is 2.22. The third-order valence-electron chi connectivity index (χ3n) is 5.18. The second-order valence-electron chi connectivity index (χ2n) is 7.24. The van der Waals surface area contributed by atoms with Gasteiger partial charge in [-0.25, -0.2) is 0 Å². The molecule has 4 rings (SSSR count). The van der Waals surface area contributed by atoms with Gasteiger partial charge in [0.05, 0.1) is 19.2 Å². The van der Waals surface area contributed by atoms with Gasteiger partial charge in [-0.15, -0.1) is 0 Å². The molecule has 1 N–H and O–H groups in total. The summed E-state index contributed by atoms with van der Waals surface area (Å²) in [6.07, 6.45) is 5.41. The minimum absolute atomic E-state index is 0.202. The van der Waals surface area contributed by atoms with E-state index in [0.717, 1.165) is 29.2 Å². The molecular weight excluding hydrogens is 370 g/mol. The van der Waals surface area contributed by atoms with Gasteiger partial charge >= 0.3 is 5.97 Å². The summed E-state index contributed by atoms with van der Waals surface area (Å²) in [4.78, 5) is 24.7. The fraction of sp³-hybridized carbons (Fsp3) is 0.304. The number of methoxy groups -OCH3 is 1. The van der Waals surface area contributed by atoms with Crippen LogP contribution in [0.3, 0.4) is 0 Å². The molecule has 1 amide bonds. The zero-order chi connectivity index (χ0) is 20.4. The van der Waals surface area contributed by atoms with Crippen LogP contribution in [0.1, 0.15) is 26.2 Å². The number of hydrogen-bond donors (Lipinski definition) is 1. The Morgan fingerprint density at radius 1 is 1.21 bits per heavy atom. The highest BCUT2D eigenvalue weighted by Crippen LogP contribution is 2.36. The summed E-state index contributed by atoms with van der Waals surface area (Å²) in [7, 11) is 1.54. The summed E-state index contributed by atoms with van der Waals surface area (Å²) in [6.45, 7) is 1.56. The molecular formula is C23H23NO5. The summed E-state index contributed by atoms with van der Waals surface area (Å²) in [5.41, 5.74) is 1.86. The Balaban J connectivity index is 1.49. The van der Waals surface area contributed by atoms with E-state index in [2.05, 4.69) is 11.4 Å². The van der Waals surface area contributed by atoms with Crippen molar-refractivity contribution in [1.29, 1.82) is 0 Å². The predicted octanol–water partition coefficient (Wildman–Crippen LogP) is 4.82. The van der Waals surface area contributed by atoms with E-state index in [4.69, 9.17) is 13.9 Å². The zero-order valence-corrected chi connectivity index (χ0v) is 16.4. The number of amides is 1. The summed E-state index contributed by atoms with van der Waals surface area (Å²) in [5, 5.41) is 4.66. The van der Waals surface area contributed by atoms with E-state index in [1.165, 1.54) is 7.11 Å². The van der Waals surface area contributed by atoms with Crippen LogP contribution in [0.2, 0.25) is 0 Å². The number of ether oxygens (including phenoxy) is 2. The molecule has 0 aliphatic heterocycles. The van der Waals surface area contributed by atoms with Gasteiger partial charge in [0.15, 0.2) is 6.10 Å². The summed E-state index contributed by atoms with van der Waals surface area (Å²) in [6, 6.07) is 11.3. The molecule has 6 nitrogen and oxygen atoms in total. The highest BCUT2D eigenvalue weighted by atomic mass is 16.5. The number of carbonyl (C=O) groups is 2. The van der Waals surface area contributed by atoms with Crippen LogP contribution in [0.15, 0.2) is 53.0 Å². The second-order valence-corrected chi connectivity index (χ2v) is 7.24. The van der Waals surface area contributed by atoms with Crippen molar-refractivity contribution in [3.63, 3.8) is 0 Å². The van der Waals surface area contributed by atoms with Crippen molar-refractivity contribution >= 4 is 39.5 Å². The van der Waals surface area contributed by atoms with Gasteiger partial charge in [0, 0.05) is 16.8 Å². The Kier molecular flexibility index (Phi) is 5.25. The first-order valence-corrected chi connectivity index (χ1v) is 9.71. The van der Waals surface area contributed by atoms with Gasteiger partial charge in [-0.1, -0.05) is 30.4 Å². The van der Waals surface area contributed by atoms with Crippen molar-refractivity contribution in [3.8, 4) is 5.75 Å². The minimum atomic E-state index is -0.913. The third kappa shape index (κ3) is 3.97. The van der Waals surface area contributed by atoms with Crippen molar-refractivity contribution in [1.82, 2.24) is 0 Å². The molecule has 0 unspecified atom stereocenters. The Labute approximate surface area is 168 Å². The molecule has 0 saturated carbocycles. The lowest BCUT2D eigenvalue weighted by molar-refractivity contribution is -0.153. The summed E-state index contributed by atoms with van der Waals surface area (Å²) < 4.78 is 16.6. The number of rotatable bonds is 6. The van der Waals surface area contributed by atoms with Crippen molar-refractivity contribution in [2.45, 2.75) is 32.3 Å². The van der Waals surface area contributed by atoms with Crippen molar-refractivity contribution < 1.29 is 23.5 Å². The summed E-state index contributed by atoms with van der Waals surface area (Å²) >= 11 is 0. The van der Waals surface area contributed by atoms with Crippen molar-refractivity contribution in [2.75, 3.05) is 12.4 Å². The molecule has 6 heteroatoms. The Bertz CT molecular complexity index is 1100. The van der Waals surface area contributed by atoms with Crippen LogP contribution in [0, 0.1) is 5.92 Å². The molecule has 3 aromatic rings. The molecule has 1 aliphatic carbocycles. The molecule has 0 bridgehead atoms. The molecule has 0 fully saturated rings. The van der Waals surface area contributed by atoms with E-state index in [1.54, 1.807) is 13.0 Å². The van der Waals surface area contributed by atoms with Gasteiger partial charge in [-0.05, 0) is 37.8 Å². The Morgan fingerprint density at radius 2 is 2.03 bits per heavy atom. The van der Waals surface area contributed by atoms with Gasteiger partial charge in [0.1, 0.15) is 16.9 Å². The minimum Gasteiger partial charge on any atom is -0.495 e. The first-order chi connectivity index (χ1) is 14.0. The van der Waals surface area contributed by atoms with Gasteiger partial charge in [-0.2, -0.15) is 0 Å². The fourth-order valence-electron chi connectivity index (χ4n) is 3.63. The highest BCUT2D eigenvalue weighted by molar-refractivity contribution is 6.08. The number of hydrogen-bond acceptors (Lipinski definition) is 5. The Morgan fingerprint density at radius 3 is 2.79 bits per heavy atom. The monoisotopic (exact) mass is 393 g/mol. The first-order valence-electron chi connectivity index (χ1n) is 9.71. The van der Waals surface area contributed by atoms with E-state index in [-0.39, 0.29) is 11.9 Å². The maximum atomic E-state index is 12.6. The largest absolute Gasteiger partial charge is 0.495 e. The van der Waals surface area contributed by atoms with E-state index in [9.17, 15) is 9.59 Å². The van der Waals surface area contributed by atoms with E-state index in [0.29, 0.717) is 23.4 Å². The second kappa shape index (κ2) is 7.99. The standard InChI is InChI=1S/C23H23NO5/c1-14(28-22(25)11-15-7-3-4-8-15)23(26)24-18-13-20-17(12-21(18)27-2)16-9-5-6-10-19(16)29-20/h3,5-7,9-10,12-15H,4,8,11H2,1-2H3,(H,24,26)/t14-,15-/m1/s1. The average molecular weight is 393 g/mol. The normalized spacial score (nSPS) is 16.8. The molecule has 2 atom stereocenters. The zero-order valence-electron chi connectivity index (χ0n) is 16.4. The van der Waals surface area contributed by atoms with Crippen LogP contribution in [-0.2, 0) is 14.3 Å². The van der Waals surface area contributed by atoms with Crippen LogP contribution in [-0.4, -0.2) is 25.1 Å².